The summed E-state index contributed by atoms with van der Waals surface area (Å²) in [6.45, 7) is 1.53. The quantitative estimate of drug-likeness (QED) is 0.891. The first-order valence-electron chi connectivity index (χ1n) is 8.22. The van der Waals surface area contributed by atoms with Gasteiger partial charge in [0, 0.05) is 26.0 Å². The number of benzene rings is 1. The Labute approximate surface area is 147 Å². The van der Waals surface area contributed by atoms with Gasteiger partial charge in [-0.25, -0.2) is 4.98 Å². The molecule has 3 rings (SSSR count). The number of amides is 1. The van der Waals surface area contributed by atoms with Gasteiger partial charge in [-0.1, -0.05) is 12.1 Å². The highest BCUT2D eigenvalue weighted by molar-refractivity contribution is 5.79. The van der Waals surface area contributed by atoms with E-state index in [1.807, 2.05) is 29.2 Å². The van der Waals surface area contributed by atoms with Crippen molar-refractivity contribution >= 4 is 11.7 Å². The van der Waals surface area contributed by atoms with Crippen LogP contribution in [0.3, 0.4) is 0 Å². The average molecular weight is 342 g/mol. The van der Waals surface area contributed by atoms with Crippen LogP contribution in [0, 0.1) is 0 Å². The fraction of sp³-hybridized carbons (Fsp3) is 0.389. The molecule has 1 aliphatic rings. The first-order chi connectivity index (χ1) is 12.2. The zero-order valence-corrected chi connectivity index (χ0v) is 14.4. The van der Waals surface area contributed by atoms with E-state index >= 15 is 0 Å². The van der Waals surface area contributed by atoms with Crippen LogP contribution in [-0.4, -0.2) is 54.6 Å². The van der Waals surface area contributed by atoms with Crippen LogP contribution < -0.4 is 10.1 Å². The molecule has 0 radical (unpaired) electrons. The molecule has 0 unspecified atom stereocenters. The molecule has 1 atom stereocenters. The number of rotatable bonds is 5. The number of carbonyl (C=O) groups excluding carboxylic acids is 1. The molecule has 1 aliphatic heterocycles. The molecular formula is C18H22N4O3. The highest BCUT2D eigenvalue weighted by Gasteiger charge is 2.28. The van der Waals surface area contributed by atoms with Crippen molar-refractivity contribution in [1.29, 1.82) is 0 Å². The van der Waals surface area contributed by atoms with E-state index in [1.54, 1.807) is 26.6 Å². The fourth-order valence-electron chi connectivity index (χ4n) is 2.89. The van der Waals surface area contributed by atoms with Crippen molar-refractivity contribution in [2.75, 3.05) is 39.2 Å². The summed E-state index contributed by atoms with van der Waals surface area (Å²) in [7, 11) is 3.41. The van der Waals surface area contributed by atoms with E-state index in [9.17, 15) is 4.79 Å². The van der Waals surface area contributed by atoms with E-state index in [2.05, 4.69) is 15.3 Å². The molecule has 1 amide bonds. The zero-order valence-electron chi connectivity index (χ0n) is 14.4. The molecule has 0 spiro atoms. The van der Waals surface area contributed by atoms with E-state index in [-0.39, 0.29) is 12.0 Å². The van der Waals surface area contributed by atoms with Crippen LogP contribution >= 0.6 is 0 Å². The first-order valence-corrected chi connectivity index (χ1v) is 8.22. The van der Waals surface area contributed by atoms with Crippen LogP contribution in [0.25, 0.3) is 0 Å². The summed E-state index contributed by atoms with van der Waals surface area (Å²) in [6, 6.07) is 7.58. The normalized spacial score (nSPS) is 17.2. The van der Waals surface area contributed by atoms with Crippen molar-refractivity contribution in [3.8, 4) is 5.75 Å². The summed E-state index contributed by atoms with van der Waals surface area (Å²) in [4.78, 5) is 23.1. The Morgan fingerprint density at radius 2 is 2.24 bits per heavy atom. The highest BCUT2D eigenvalue weighted by atomic mass is 16.5. The van der Waals surface area contributed by atoms with Gasteiger partial charge in [0.2, 0.25) is 5.91 Å². The number of anilines is 1. The van der Waals surface area contributed by atoms with Crippen LogP contribution in [0.5, 0.6) is 5.75 Å². The second-order valence-electron chi connectivity index (χ2n) is 5.77. The smallest absolute Gasteiger partial charge is 0.227 e. The highest BCUT2D eigenvalue weighted by Crippen LogP contribution is 2.25. The fourth-order valence-corrected chi connectivity index (χ4v) is 2.89. The average Bonchev–Trinajstić information content (AvgIpc) is 2.68. The summed E-state index contributed by atoms with van der Waals surface area (Å²) >= 11 is 0. The Kier molecular flexibility index (Phi) is 5.45. The number of carbonyl (C=O) groups is 1. The zero-order chi connectivity index (χ0) is 17.6. The second-order valence-corrected chi connectivity index (χ2v) is 5.77. The summed E-state index contributed by atoms with van der Waals surface area (Å²) in [5.74, 6) is 1.49. The Hall–Kier alpha value is -2.67. The lowest BCUT2D eigenvalue weighted by Gasteiger charge is -2.33. The molecule has 7 nitrogen and oxygen atoms in total. The summed E-state index contributed by atoms with van der Waals surface area (Å²) in [6.07, 6.45) is 3.32. The molecule has 0 saturated carbocycles. The standard InChI is InChI=1S/C18H22N4O3/c1-19-18-17(20-6-7-21-18)15-12-22(8-9-25-15)16(23)11-13-4-3-5-14(10-13)24-2/h3-7,10,15H,8-9,11-12H2,1-2H3,(H,19,21)/t15-/m0/s1. The second kappa shape index (κ2) is 7.94. The summed E-state index contributed by atoms with van der Waals surface area (Å²) < 4.78 is 11.0. The molecule has 0 aliphatic carbocycles. The lowest BCUT2D eigenvalue weighted by molar-refractivity contribution is -0.138. The molecule has 1 aromatic carbocycles. The third-order valence-corrected chi connectivity index (χ3v) is 4.18. The number of nitrogens with one attached hydrogen (secondary N) is 1. The number of hydrogen-bond donors (Lipinski definition) is 1. The number of aromatic nitrogens is 2. The van der Waals surface area contributed by atoms with Gasteiger partial charge in [0.15, 0.2) is 0 Å². The van der Waals surface area contributed by atoms with E-state index in [1.165, 1.54) is 0 Å². The van der Waals surface area contributed by atoms with Crippen LogP contribution in [0.2, 0.25) is 0 Å². The van der Waals surface area contributed by atoms with Gasteiger partial charge in [0.25, 0.3) is 0 Å². The molecule has 1 aromatic heterocycles. The lowest BCUT2D eigenvalue weighted by Crippen LogP contribution is -2.43. The minimum absolute atomic E-state index is 0.0662. The third kappa shape index (κ3) is 4.06. The predicted molar refractivity (Wildman–Crippen MR) is 93.5 cm³/mol. The van der Waals surface area contributed by atoms with Crippen molar-refractivity contribution < 1.29 is 14.3 Å². The van der Waals surface area contributed by atoms with Crippen molar-refractivity contribution in [2.45, 2.75) is 12.5 Å². The van der Waals surface area contributed by atoms with Crippen LogP contribution in [0.1, 0.15) is 17.4 Å². The van der Waals surface area contributed by atoms with E-state index in [0.717, 1.165) is 17.0 Å². The maximum atomic E-state index is 12.7. The first kappa shape index (κ1) is 17.2. The van der Waals surface area contributed by atoms with E-state index in [0.29, 0.717) is 31.9 Å². The summed E-state index contributed by atoms with van der Waals surface area (Å²) in [5.41, 5.74) is 1.66. The molecule has 2 heterocycles. The van der Waals surface area contributed by atoms with Crippen LogP contribution in [0.15, 0.2) is 36.7 Å². The van der Waals surface area contributed by atoms with Crippen molar-refractivity contribution in [1.82, 2.24) is 14.9 Å². The molecule has 7 heteroatoms. The van der Waals surface area contributed by atoms with Crippen LogP contribution in [0.4, 0.5) is 5.82 Å². The molecule has 2 aromatic rings. The van der Waals surface area contributed by atoms with Crippen molar-refractivity contribution in [2.24, 2.45) is 0 Å². The molecule has 0 bridgehead atoms. The number of hydrogen-bond acceptors (Lipinski definition) is 6. The van der Waals surface area contributed by atoms with E-state index < -0.39 is 0 Å². The topological polar surface area (TPSA) is 76.6 Å². The van der Waals surface area contributed by atoms with Gasteiger partial charge >= 0.3 is 0 Å². The van der Waals surface area contributed by atoms with E-state index in [4.69, 9.17) is 9.47 Å². The lowest BCUT2D eigenvalue weighted by atomic mass is 10.1. The monoisotopic (exact) mass is 342 g/mol. The van der Waals surface area contributed by atoms with Crippen molar-refractivity contribution in [3.63, 3.8) is 0 Å². The summed E-state index contributed by atoms with van der Waals surface area (Å²) in [5, 5.41) is 3.02. The van der Waals surface area contributed by atoms with Crippen LogP contribution in [-0.2, 0) is 16.0 Å². The Morgan fingerprint density at radius 3 is 3.04 bits per heavy atom. The molecule has 1 N–H and O–H groups in total. The number of morpholine rings is 1. The number of methoxy groups -OCH3 is 1. The number of ether oxygens (including phenoxy) is 2. The van der Waals surface area contributed by atoms with Gasteiger partial charge in [0.05, 0.1) is 26.7 Å². The molecular weight excluding hydrogens is 320 g/mol. The van der Waals surface area contributed by atoms with Gasteiger partial charge in [-0.15, -0.1) is 0 Å². The molecule has 1 saturated heterocycles. The van der Waals surface area contributed by atoms with Gasteiger partial charge in [-0.3, -0.25) is 9.78 Å². The maximum absolute atomic E-state index is 12.7. The maximum Gasteiger partial charge on any atom is 0.227 e. The Bertz CT molecular complexity index is 738. The van der Waals surface area contributed by atoms with Crippen molar-refractivity contribution in [3.05, 3.63) is 47.9 Å². The SMILES string of the molecule is CNc1nccnc1[C@@H]1CN(C(=O)Cc2cccc(OC)c2)CCO1. The largest absolute Gasteiger partial charge is 0.497 e. The molecule has 25 heavy (non-hydrogen) atoms. The van der Waals surface area contributed by atoms with Gasteiger partial charge in [-0.2, -0.15) is 0 Å². The number of nitrogens with zero attached hydrogens (tertiary/aromatic N) is 3. The molecule has 1 fully saturated rings. The van der Waals surface area contributed by atoms with Gasteiger partial charge < -0.3 is 19.7 Å². The Balaban J connectivity index is 1.69. The molecule has 132 valence electrons. The Morgan fingerprint density at radius 1 is 1.40 bits per heavy atom. The minimum Gasteiger partial charge on any atom is -0.497 e. The third-order valence-electron chi connectivity index (χ3n) is 4.18. The minimum atomic E-state index is -0.279. The van der Waals surface area contributed by atoms with Gasteiger partial charge in [0.1, 0.15) is 23.4 Å². The van der Waals surface area contributed by atoms with Gasteiger partial charge in [-0.05, 0) is 17.7 Å². The predicted octanol–water partition coefficient (Wildman–Crippen LogP) is 1.67.